The number of esters is 3. The molecule has 0 aliphatic heterocycles. The number of carbonyl (C=O) groups excluding carboxylic acids is 3. The first-order chi connectivity index (χ1) is 29.0. The summed E-state index contributed by atoms with van der Waals surface area (Å²) in [6.07, 6.45) is 58.8. The van der Waals surface area contributed by atoms with Crippen molar-refractivity contribution in [3.05, 3.63) is 72.9 Å². The molecular formula is C53H90O6. The van der Waals surface area contributed by atoms with Gasteiger partial charge in [0.15, 0.2) is 6.10 Å². The molecule has 0 saturated heterocycles. The lowest BCUT2D eigenvalue weighted by Gasteiger charge is -2.18. The third kappa shape index (κ3) is 45.8. The molecule has 0 heterocycles. The summed E-state index contributed by atoms with van der Waals surface area (Å²) in [5, 5.41) is 0. The molecule has 0 radical (unpaired) electrons. The van der Waals surface area contributed by atoms with Crippen LogP contribution < -0.4 is 0 Å². The van der Waals surface area contributed by atoms with Gasteiger partial charge in [0.2, 0.25) is 0 Å². The van der Waals surface area contributed by atoms with Gasteiger partial charge in [-0.2, -0.15) is 0 Å². The predicted octanol–water partition coefficient (Wildman–Crippen LogP) is 15.9. The molecule has 0 amide bonds. The van der Waals surface area contributed by atoms with Crippen molar-refractivity contribution in [2.45, 2.75) is 232 Å². The number of allylic oxidation sites excluding steroid dienone is 12. The minimum absolute atomic E-state index is 0.0953. The molecule has 6 heteroatoms. The largest absolute Gasteiger partial charge is 0.462 e. The lowest BCUT2D eigenvalue weighted by atomic mass is 10.1. The van der Waals surface area contributed by atoms with Crippen LogP contribution in [0.1, 0.15) is 226 Å². The molecular weight excluding hydrogens is 733 g/mol. The molecule has 59 heavy (non-hydrogen) atoms. The lowest BCUT2D eigenvalue weighted by molar-refractivity contribution is -0.167. The van der Waals surface area contributed by atoms with Crippen LogP contribution in [0.3, 0.4) is 0 Å². The van der Waals surface area contributed by atoms with Gasteiger partial charge >= 0.3 is 17.9 Å². The quantitative estimate of drug-likeness (QED) is 0.0200. The molecule has 1 atom stereocenters. The van der Waals surface area contributed by atoms with E-state index >= 15 is 0 Å². The second-order valence-corrected chi connectivity index (χ2v) is 16.1. The number of rotatable bonds is 43. The Morgan fingerprint density at radius 2 is 0.678 bits per heavy atom. The normalized spacial score (nSPS) is 12.7. The molecule has 338 valence electrons. The topological polar surface area (TPSA) is 78.9 Å². The van der Waals surface area contributed by atoms with Crippen LogP contribution in [0.4, 0.5) is 0 Å². The predicted molar refractivity (Wildman–Crippen MR) is 251 cm³/mol. The Balaban J connectivity index is 4.45. The van der Waals surface area contributed by atoms with Gasteiger partial charge in [0.1, 0.15) is 13.2 Å². The monoisotopic (exact) mass is 823 g/mol. The van der Waals surface area contributed by atoms with Crippen molar-refractivity contribution in [3.8, 4) is 0 Å². The Kier molecular flexibility index (Phi) is 45.0. The second-order valence-electron chi connectivity index (χ2n) is 16.1. The Morgan fingerprint density at radius 3 is 1.14 bits per heavy atom. The molecule has 0 fully saturated rings. The molecule has 6 nitrogen and oxygen atoms in total. The van der Waals surface area contributed by atoms with Crippen molar-refractivity contribution in [3.63, 3.8) is 0 Å². The van der Waals surface area contributed by atoms with Crippen LogP contribution in [-0.2, 0) is 28.6 Å². The summed E-state index contributed by atoms with van der Waals surface area (Å²) in [7, 11) is 0. The number of carbonyl (C=O) groups is 3. The van der Waals surface area contributed by atoms with E-state index in [9.17, 15) is 14.4 Å². The van der Waals surface area contributed by atoms with E-state index in [0.717, 1.165) is 103 Å². The van der Waals surface area contributed by atoms with Crippen LogP contribution in [0.5, 0.6) is 0 Å². The van der Waals surface area contributed by atoms with Gasteiger partial charge in [-0.1, -0.05) is 190 Å². The van der Waals surface area contributed by atoms with E-state index in [1.165, 1.54) is 83.5 Å². The molecule has 0 aliphatic carbocycles. The van der Waals surface area contributed by atoms with E-state index in [2.05, 4.69) is 93.7 Å². The van der Waals surface area contributed by atoms with Crippen LogP contribution in [0.25, 0.3) is 0 Å². The van der Waals surface area contributed by atoms with Gasteiger partial charge in [-0.15, -0.1) is 0 Å². The van der Waals surface area contributed by atoms with Crippen LogP contribution >= 0.6 is 0 Å². The Hall–Kier alpha value is -3.15. The average molecular weight is 823 g/mol. The van der Waals surface area contributed by atoms with Crippen LogP contribution in [0, 0.1) is 0 Å². The first-order valence-corrected chi connectivity index (χ1v) is 24.5. The summed E-state index contributed by atoms with van der Waals surface area (Å²) in [6, 6.07) is 0. The summed E-state index contributed by atoms with van der Waals surface area (Å²) in [5.74, 6) is -0.945. The molecule has 0 bridgehead atoms. The van der Waals surface area contributed by atoms with Crippen molar-refractivity contribution in [2.24, 2.45) is 0 Å². The Bertz CT molecular complexity index is 1130. The molecule has 0 rings (SSSR count). The van der Waals surface area contributed by atoms with E-state index < -0.39 is 6.10 Å². The van der Waals surface area contributed by atoms with Gasteiger partial charge in [0, 0.05) is 19.3 Å². The minimum atomic E-state index is -0.795. The maximum Gasteiger partial charge on any atom is 0.306 e. The minimum Gasteiger partial charge on any atom is -0.462 e. The number of hydrogen-bond acceptors (Lipinski definition) is 6. The summed E-state index contributed by atoms with van der Waals surface area (Å²) in [5.41, 5.74) is 0. The van der Waals surface area contributed by atoms with Crippen molar-refractivity contribution < 1.29 is 28.6 Å². The smallest absolute Gasteiger partial charge is 0.306 e. The fourth-order valence-electron chi connectivity index (χ4n) is 6.54. The Labute approximate surface area is 363 Å². The third-order valence-corrected chi connectivity index (χ3v) is 10.3. The fraction of sp³-hybridized carbons (Fsp3) is 0.717. The van der Waals surface area contributed by atoms with Gasteiger partial charge in [0.05, 0.1) is 0 Å². The van der Waals surface area contributed by atoms with E-state index in [0.29, 0.717) is 19.3 Å². The van der Waals surface area contributed by atoms with Crippen molar-refractivity contribution >= 4 is 17.9 Å². The Morgan fingerprint density at radius 1 is 0.356 bits per heavy atom. The van der Waals surface area contributed by atoms with Crippen LogP contribution in [0.2, 0.25) is 0 Å². The van der Waals surface area contributed by atoms with E-state index in [1.807, 2.05) is 0 Å². The average Bonchev–Trinajstić information content (AvgIpc) is 3.23. The fourth-order valence-corrected chi connectivity index (χ4v) is 6.54. The highest BCUT2D eigenvalue weighted by Gasteiger charge is 2.19. The highest BCUT2D eigenvalue weighted by Crippen LogP contribution is 2.13. The van der Waals surface area contributed by atoms with E-state index in [-0.39, 0.29) is 31.1 Å². The third-order valence-electron chi connectivity index (χ3n) is 10.3. The molecule has 0 N–H and O–H groups in total. The summed E-state index contributed by atoms with van der Waals surface area (Å²) in [6.45, 7) is 6.42. The lowest BCUT2D eigenvalue weighted by Crippen LogP contribution is -2.30. The molecule has 1 unspecified atom stereocenters. The second kappa shape index (κ2) is 47.5. The molecule has 0 aromatic carbocycles. The molecule has 0 spiro atoms. The van der Waals surface area contributed by atoms with Gasteiger partial charge in [0.25, 0.3) is 0 Å². The number of unbranched alkanes of at least 4 members (excludes halogenated alkanes) is 23. The van der Waals surface area contributed by atoms with Crippen LogP contribution in [0.15, 0.2) is 72.9 Å². The zero-order valence-corrected chi connectivity index (χ0v) is 38.5. The highest BCUT2D eigenvalue weighted by atomic mass is 16.6. The van der Waals surface area contributed by atoms with E-state index in [4.69, 9.17) is 14.2 Å². The highest BCUT2D eigenvalue weighted by molar-refractivity contribution is 5.71. The van der Waals surface area contributed by atoms with Gasteiger partial charge in [-0.25, -0.2) is 0 Å². The molecule has 0 aromatic rings. The maximum absolute atomic E-state index is 12.7. The SMILES string of the molecule is CC/C=C/C=C/C=C/CCCCCCCC(=O)OC(COC(=O)CCCCC/C=C/CCCCCCCC)COC(=O)CCCCCCCC/C=C/C=C/CCCCC. The van der Waals surface area contributed by atoms with Gasteiger partial charge < -0.3 is 14.2 Å². The zero-order chi connectivity index (χ0) is 43.0. The molecule has 0 aliphatic rings. The van der Waals surface area contributed by atoms with Gasteiger partial charge in [-0.05, 0) is 89.9 Å². The van der Waals surface area contributed by atoms with Crippen molar-refractivity contribution in [2.75, 3.05) is 13.2 Å². The first kappa shape index (κ1) is 55.9. The van der Waals surface area contributed by atoms with Crippen LogP contribution in [-0.4, -0.2) is 37.2 Å². The zero-order valence-electron chi connectivity index (χ0n) is 38.5. The van der Waals surface area contributed by atoms with Crippen molar-refractivity contribution in [1.29, 1.82) is 0 Å². The summed E-state index contributed by atoms with van der Waals surface area (Å²) < 4.78 is 16.7. The number of ether oxygens (including phenoxy) is 3. The van der Waals surface area contributed by atoms with Gasteiger partial charge in [-0.3, -0.25) is 14.4 Å². The standard InChI is InChI=1S/C53H90O6/c1-4-7-10-13-16-19-22-25-26-29-31-34-37-40-43-46-52(55)58-49-50(59-53(56)47-44-41-38-35-32-28-24-21-18-15-12-9-6-3)48-57-51(54)45-42-39-36-33-30-27-23-20-17-14-11-8-5-2/h9,12,15-16,18-19,21-22,24-25,27,30,50H,4-8,10-11,13-14,17,20,23,26,28-29,31-49H2,1-3H3/b12-9+,18-15+,19-16+,24-21+,25-22+,30-27+. The summed E-state index contributed by atoms with van der Waals surface area (Å²) in [4.78, 5) is 37.9. The molecule has 0 aromatic heterocycles. The number of hydrogen-bond donors (Lipinski definition) is 0. The summed E-state index contributed by atoms with van der Waals surface area (Å²) >= 11 is 0. The maximum atomic E-state index is 12.7. The van der Waals surface area contributed by atoms with Crippen molar-refractivity contribution in [1.82, 2.24) is 0 Å². The first-order valence-electron chi connectivity index (χ1n) is 24.5. The van der Waals surface area contributed by atoms with E-state index in [1.54, 1.807) is 0 Å². The molecule has 0 saturated carbocycles.